The molecule has 1 heterocycles. The van der Waals surface area contributed by atoms with Gasteiger partial charge >= 0.3 is 5.69 Å². The number of imidazole rings is 1. The summed E-state index contributed by atoms with van der Waals surface area (Å²) in [6, 6.07) is 14.5. The van der Waals surface area contributed by atoms with Crippen molar-refractivity contribution in [2.75, 3.05) is 6.61 Å². The maximum absolute atomic E-state index is 12.1. The highest BCUT2D eigenvalue weighted by Gasteiger charge is 2.47. The Labute approximate surface area is 212 Å². The molecule has 1 unspecified atom stereocenters. The number of hydrogen-bond acceptors (Lipinski definition) is 4. The molecular formula is C28H36ClN3O3. The van der Waals surface area contributed by atoms with Gasteiger partial charge in [0.05, 0.1) is 11.0 Å². The summed E-state index contributed by atoms with van der Waals surface area (Å²) < 4.78 is 9.09. The lowest BCUT2D eigenvalue weighted by molar-refractivity contribution is -0.0142. The molecule has 0 radical (unpaired) electrons. The van der Waals surface area contributed by atoms with Crippen molar-refractivity contribution in [1.29, 1.82) is 0 Å². The molecule has 1 aromatic heterocycles. The van der Waals surface area contributed by atoms with Crippen LogP contribution in [0.25, 0.3) is 11.0 Å². The van der Waals surface area contributed by atoms with E-state index in [4.69, 9.17) is 4.74 Å². The van der Waals surface area contributed by atoms with E-state index in [1.807, 2.05) is 30.3 Å². The molecule has 6 nitrogen and oxygen atoms in total. The number of aliphatic hydroxyl groups excluding tert-OH is 1. The van der Waals surface area contributed by atoms with Crippen molar-refractivity contribution in [3.8, 4) is 5.75 Å². The fourth-order valence-electron chi connectivity index (χ4n) is 7.20. The van der Waals surface area contributed by atoms with E-state index in [9.17, 15) is 9.90 Å². The fourth-order valence-corrected chi connectivity index (χ4v) is 7.20. The van der Waals surface area contributed by atoms with Gasteiger partial charge in [-0.2, -0.15) is 0 Å². The van der Waals surface area contributed by atoms with E-state index < -0.39 is 6.10 Å². The Kier molecular flexibility index (Phi) is 6.73. The van der Waals surface area contributed by atoms with E-state index in [2.05, 4.69) is 17.4 Å². The van der Waals surface area contributed by atoms with Crippen LogP contribution < -0.4 is 15.7 Å². The van der Waals surface area contributed by atoms with Crippen molar-refractivity contribution in [2.45, 2.75) is 50.8 Å². The normalized spacial score (nSPS) is 27.7. The summed E-state index contributed by atoms with van der Waals surface area (Å²) >= 11 is 0. The Hall–Kier alpha value is -2.28. The maximum atomic E-state index is 12.1. The number of hydrogen-bond donors (Lipinski definition) is 2. The number of halogens is 1. The summed E-state index contributed by atoms with van der Waals surface area (Å²) in [6.07, 6.45) is 6.48. The number of rotatable bonds is 7. The fraction of sp³-hybridized carbons (Fsp3) is 0.536. The number of nitrogens with one attached hydrogen (secondary N) is 1. The van der Waals surface area contributed by atoms with Crippen LogP contribution in [0.4, 0.5) is 0 Å². The number of aromatic nitrogens is 2. The second kappa shape index (κ2) is 9.64. The quantitative estimate of drug-likeness (QED) is 0.510. The minimum absolute atomic E-state index is 0. The third kappa shape index (κ3) is 4.52. The number of benzene rings is 2. The van der Waals surface area contributed by atoms with Gasteiger partial charge in [0.15, 0.2) is 0 Å². The molecule has 4 aliphatic carbocycles. The van der Waals surface area contributed by atoms with E-state index in [0.717, 1.165) is 52.6 Å². The molecular weight excluding hydrogens is 462 g/mol. The first kappa shape index (κ1) is 24.4. The second-order valence-electron chi connectivity index (χ2n) is 11.0. The lowest BCUT2D eigenvalue weighted by Gasteiger charge is -2.54. The summed E-state index contributed by atoms with van der Waals surface area (Å²) in [4.78, 5) is 12.1. The Balaban J connectivity index is 0.00000253. The third-order valence-corrected chi connectivity index (χ3v) is 8.78. The molecule has 7 rings (SSSR count). The van der Waals surface area contributed by atoms with Crippen molar-refractivity contribution >= 4 is 23.4 Å². The molecule has 4 saturated carbocycles. The van der Waals surface area contributed by atoms with Gasteiger partial charge in [-0.15, -0.1) is 12.4 Å². The Morgan fingerprint density at radius 2 is 1.57 bits per heavy atom. The van der Waals surface area contributed by atoms with Gasteiger partial charge in [-0.05, 0) is 91.2 Å². The van der Waals surface area contributed by atoms with Gasteiger partial charge < -0.3 is 15.2 Å². The number of aryl methyl sites for hydroxylation is 2. The zero-order valence-corrected chi connectivity index (χ0v) is 21.3. The molecule has 4 fully saturated rings. The van der Waals surface area contributed by atoms with Gasteiger partial charge in [0.2, 0.25) is 0 Å². The monoisotopic (exact) mass is 497 g/mol. The highest BCUT2D eigenvalue weighted by molar-refractivity contribution is 5.85. The molecule has 188 valence electrons. The highest BCUT2D eigenvalue weighted by atomic mass is 35.5. The van der Waals surface area contributed by atoms with Gasteiger partial charge in [-0.3, -0.25) is 9.13 Å². The smallest absolute Gasteiger partial charge is 0.328 e. The molecule has 1 atom stereocenters. The van der Waals surface area contributed by atoms with Crippen molar-refractivity contribution in [3.05, 3.63) is 64.1 Å². The van der Waals surface area contributed by atoms with E-state index >= 15 is 0 Å². The second-order valence-corrected chi connectivity index (χ2v) is 11.0. The molecule has 0 aliphatic heterocycles. The van der Waals surface area contributed by atoms with Crippen LogP contribution in [0.1, 0.15) is 49.3 Å². The molecule has 3 aromatic rings. The predicted molar refractivity (Wildman–Crippen MR) is 140 cm³/mol. The molecule has 2 aromatic carbocycles. The maximum Gasteiger partial charge on any atom is 0.328 e. The standard InChI is InChI=1S/C28H35N3O3.ClH/c1-30-24-8-5-20(14-25(24)31(2)28(30)33)26(32)16-34-23-6-3-17(4-7-23)15-29-27-21-10-18-9-19(12-21)13-22(27)11-18;/h3-8,14,18-19,21-22,26-27,29,32H,9-13,15-16H2,1-2H3;1H. The first-order valence-corrected chi connectivity index (χ1v) is 12.7. The molecule has 4 aliphatic rings. The topological polar surface area (TPSA) is 68.4 Å². The summed E-state index contributed by atoms with van der Waals surface area (Å²) in [5.74, 6) is 4.55. The van der Waals surface area contributed by atoms with Crippen molar-refractivity contribution in [2.24, 2.45) is 37.8 Å². The molecule has 4 bridgehead atoms. The Bertz CT molecular complexity index is 1220. The third-order valence-electron chi connectivity index (χ3n) is 8.78. The SMILES string of the molecule is Cl.Cn1c(=O)n(C)c2cc(C(O)COc3ccc(CNC4C5CC6CC(C5)CC4C6)cc3)ccc21. The van der Waals surface area contributed by atoms with Crippen LogP contribution in [0.3, 0.4) is 0 Å². The number of fused-ring (bicyclic) bond motifs is 1. The average Bonchev–Trinajstić information content (AvgIpc) is 3.06. The molecule has 2 N–H and O–H groups in total. The van der Waals surface area contributed by atoms with Crippen LogP contribution in [0.2, 0.25) is 0 Å². The molecule has 35 heavy (non-hydrogen) atoms. The lowest BCUT2D eigenvalue weighted by atomic mass is 9.54. The van der Waals surface area contributed by atoms with Crippen LogP contribution in [0.5, 0.6) is 5.75 Å². The Morgan fingerprint density at radius 1 is 0.943 bits per heavy atom. The Morgan fingerprint density at radius 3 is 2.23 bits per heavy atom. The van der Waals surface area contributed by atoms with Crippen LogP contribution in [-0.4, -0.2) is 26.9 Å². The summed E-state index contributed by atoms with van der Waals surface area (Å²) in [5, 5.41) is 14.6. The van der Waals surface area contributed by atoms with Crippen molar-refractivity contribution in [3.63, 3.8) is 0 Å². The van der Waals surface area contributed by atoms with Crippen LogP contribution in [0.15, 0.2) is 47.3 Å². The minimum Gasteiger partial charge on any atom is -0.491 e. The minimum atomic E-state index is -0.766. The highest BCUT2D eigenvalue weighted by Crippen LogP contribution is 2.53. The zero-order valence-electron chi connectivity index (χ0n) is 20.5. The average molecular weight is 498 g/mol. The van der Waals surface area contributed by atoms with E-state index in [1.165, 1.54) is 37.7 Å². The van der Waals surface area contributed by atoms with Crippen molar-refractivity contribution < 1.29 is 9.84 Å². The van der Waals surface area contributed by atoms with E-state index in [1.54, 1.807) is 23.2 Å². The molecule has 0 spiro atoms. The van der Waals surface area contributed by atoms with Gasteiger partial charge in [0.1, 0.15) is 18.5 Å². The first-order chi connectivity index (χ1) is 16.5. The summed E-state index contributed by atoms with van der Waals surface area (Å²) in [5.41, 5.74) is 3.60. The number of nitrogens with zero attached hydrogens (tertiary/aromatic N) is 2. The van der Waals surface area contributed by atoms with Crippen LogP contribution in [-0.2, 0) is 20.6 Å². The van der Waals surface area contributed by atoms with Gasteiger partial charge in [0.25, 0.3) is 0 Å². The number of aliphatic hydroxyl groups is 1. The van der Waals surface area contributed by atoms with E-state index in [-0.39, 0.29) is 24.7 Å². The van der Waals surface area contributed by atoms with E-state index in [0.29, 0.717) is 6.04 Å². The largest absolute Gasteiger partial charge is 0.491 e. The van der Waals surface area contributed by atoms with Crippen molar-refractivity contribution in [1.82, 2.24) is 14.5 Å². The van der Waals surface area contributed by atoms with Gasteiger partial charge in [-0.25, -0.2) is 4.79 Å². The predicted octanol–water partition coefficient (Wildman–Crippen LogP) is 4.33. The van der Waals surface area contributed by atoms with Gasteiger partial charge in [0, 0.05) is 26.7 Å². The zero-order chi connectivity index (χ0) is 23.4. The molecule has 7 heteroatoms. The molecule has 0 saturated heterocycles. The van der Waals surface area contributed by atoms with Crippen LogP contribution in [0, 0.1) is 23.7 Å². The molecule has 0 amide bonds. The van der Waals surface area contributed by atoms with Crippen LogP contribution >= 0.6 is 12.4 Å². The number of ether oxygens (including phenoxy) is 1. The van der Waals surface area contributed by atoms with Gasteiger partial charge in [-0.1, -0.05) is 18.2 Å². The summed E-state index contributed by atoms with van der Waals surface area (Å²) in [7, 11) is 3.50. The lowest BCUT2D eigenvalue weighted by Crippen LogP contribution is -2.54. The first-order valence-electron chi connectivity index (χ1n) is 12.7. The summed E-state index contributed by atoms with van der Waals surface area (Å²) in [6.45, 7) is 1.07.